The molecule has 0 atom stereocenters. The molecule has 0 aromatic rings. The number of carbonyl (C=O) groups is 2. The van der Waals surface area contributed by atoms with Gasteiger partial charge in [0.05, 0.1) is 4.43 Å². The standard InChI is InChI=1S/C10H13IN2O2/c1-2-3-6-12-9(15)10(4-5-10)13-8(14)7-11/h3H,1,4-7H2,(H,12,15)(H,13,14). The van der Waals surface area contributed by atoms with Gasteiger partial charge in [-0.3, -0.25) is 9.59 Å². The second kappa shape index (κ2) is 5.32. The number of alkyl halides is 1. The molecule has 5 heteroatoms. The van der Waals surface area contributed by atoms with Gasteiger partial charge in [0, 0.05) is 6.54 Å². The van der Waals surface area contributed by atoms with Crippen molar-refractivity contribution in [1.82, 2.24) is 10.6 Å². The Bertz CT molecular complexity index is 317. The van der Waals surface area contributed by atoms with Gasteiger partial charge in [-0.15, -0.1) is 5.73 Å². The highest BCUT2D eigenvalue weighted by atomic mass is 127. The highest BCUT2D eigenvalue weighted by molar-refractivity contribution is 14.1. The van der Waals surface area contributed by atoms with Crippen molar-refractivity contribution in [2.24, 2.45) is 0 Å². The average molecular weight is 320 g/mol. The number of halogens is 1. The zero-order chi connectivity index (χ0) is 11.3. The van der Waals surface area contributed by atoms with Crippen LogP contribution in [0.5, 0.6) is 0 Å². The molecule has 0 aromatic heterocycles. The van der Waals surface area contributed by atoms with E-state index in [1.54, 1.807) is 6.08 Å². The fourth-order valence-electron chi connectivity index (χ4n) is 1.22. The normalized spacial score (nSPS) is 16.1. The Morgan fingerprint density at radius 1 is 1.53 bits per heavy atom. The van der Waals surface area contributed by atoms with Crippen LogP contribution in [-0.2, 0) is 9.59 Å². The average Bonchev–Trinajstić information content (AvgIpc) is 2.99. The summed E-state index contributed by atoms with van der Waals surface area (Å²) in [4.78, 5) is 22.8. The molecule has 15 heavy (non-hydrogen) atoms. The Labute approximate surface area is 102 Å². The molecular weight excluding hydrogens is 307 g/mol. The minimum atomic E-state index is -0.642. The summed E-state index contributed by atoms with van der Waals surface area (Å²) in [5.74, 6) is -0.213. The number of amides is 2. The molecule has 0 unspecified atom stereocenters. The summed E-state index contributed by atoms with van der Waals surface area (Å²) in [5.41, 5.74) is 1.93. The SMILES string of the molecule is C=C=CCNC(=O)C1(NC(=O)CI)CC1. The lowest BCUT2D eigenvalue weighted by molar-refractivity contribution is -0.128. The maximum atomic E-state index is 11.7. The maximum absolute atomic E-state index is 11.7. The Balaban J connectivity index is 2.44. The van der Waals surface area contributed by atoms with Crippen molar-refractivity contribution in [3.8, 4) is 0 Å². The first-order chi connectivity index (χ1) is 7.14. The molecule has 0 saturated heterocycles. The quantitative estimate of drug-likeness (QED) is 0.441. The molecular formula is C10H13IN2O2. The molecule has 0 spiro atoms. The van der Waals surface area contributed by atoms with E-state index in [0.29, 0.717) is 11.0 Å². The number of hydrogen-bond donors (Lipinski definition) is 2. The van der Waals surface area contributed by atoms with Crippen LogP contribution in [0.15, 0.2) is 18.4 Å². The number of nitrogens with one attached hydrogen (secondary N) is 2. The molecule has 1 aliphatic rings. The van der Waals surface area contributed by atoms with E-state index in [9.17, 15) is 9.59 Å². The Morgan fingerprint density at radius 3 is 2.67 bits per heavy atom. The minimum Gasteiger partial charge on any atom is -0.350 e. The molecule has 0 radical (unpaired) electrons. The first-order valence-electron chi connectivity index (χ1n) is 4.64. The lowest BCUT2D eigenvalue weighted by atomic mass is 10.2. The van der Waals surface area contributed by atoms with Gasteiger partial charge in [-0.1, -0.05) is 29.2 Å². The summed E-state index contributed by atoms with van der Waals surface area (Å²) in [6.07, 6.45) is 3.08. The van der Waals surface area contributed by atoms with Gasteiger partial charge in [0.2, 0.25) is 11.8 Å². The van der Waals surface area contributed by atoms with Crippen LogP contribution >= 0.6 is 22.6 Å². The fraction of sp³-hybridized carbons (Fsp3) is 0.500. The first kappa shape index (κ1) is 12.3. The van der Waals surface area contributed by atoms with Gasteiger partial charge in [0.25, 0.3) is 0 Å². The van der Waals surface area contributed by atoms with E-state index in [0.717, 1.165) is 12.8 Å². The van der Waals surface area contributed by atoms with E-state index in [1.807, 2.05) is 22.6 Å². The zero-order valence-electron chi connectivity index (χ0n) is 8.31. The van der Waals surface area contributed by atoms with Gasteiger partial charge in [0.1, 0.15) is 5.54 Å². The van der Waals surface area contributed by atoms with Crippen LogP contribution in [0.2, 0.25) is 0 Å². The van der Waals surface area contributed by atoms with Crippen LogP contribution in [0, 0.1) is 0 Å². The molecule has 0 aliphatic heterocycles. The predicted molar refractivity (Wildman–Crippen MR) is 65.7 cm³/mol. The molecule has 0 bridgehead atoms. The molecule has 4 nitrogen and oxygen atoms in total. The number of rotatable bonds is 5. The summed E-state index contributed by atoms with van der Waals surface area (Å²) < 4.78 is 0.374. The molecule has 2 N–H and O–H groups in total. The lowest BCUT2D eigenvalue weighted by Gasteiger charge is -2.15. The third-order valence-electron chi connectivity index (χ3n) is 2.19. The van der Waals surface area contributed by atoms with Crippen LogP contribution in [-0.4, -0.2) is 28.3 Å². The molecule has 0 heterocycles. The molecule has 2 amide bonds. The molecule has 1 rings (SSSR count). The van der Waals surface area contributed by atoms with Gasteiger partial charge < -0.3 is 10.6 Å². The monoisotopic (exact) mass is 320 g/mol. The molecule has 1 aliphatic carbocycles. The summed E-state index contributed by atoms with van der Waals surface area (Å²) in [7, 11) is 0. The number of hydrogen-bond acceptors (Lipinski definition) is 2. The largest absolute Gasteiger partial charge is 0.350 e. The second-order valence-electron chi connectivity index (χ2n) is 3.38. The summed E-state index contributed by atoms with van der Waals surface area (Å²) in [6.45, 7) is 3.80. The van der Waals surface area contributed by atoms with Gasteiger partial charge in [-0.2, -0.15) is 0 Å². The Morgan fingerprint density at radius 2 is 2.20 bits per heavy atom. The topological polar surface area (TPSA) is 58.2 Å². The third-order valence-corrected chi connectivity index (χ3v) is 2.89. The van der Waals surface area contributed by atoms with Crippen molar-refractivity contribution in [1.29, 1.82) is 0 Å². The molecule has 0 aromatic carbocycles. The maximum Gasteiger partial charge on any atom is 0.246 e. The summed E-state index contributed by atoms with van der Waals surface area (Å²) in [5, 5.41) is 5.44. The van der Waals surface area contributed by atoms with Crippen LogP contribution in [0.25, 0.3) is 0 Å². The van der Waals surface area contributed by atoms with E-state index in [1.165, 1.54) is 0 Å². The van der Waals surface area contributed by atoms with Crippen molar-refractivity contribution in [3.05, 3.63) is 18.4 Å². The van der Waals surface area contributed by atoms with E-state index >= 15 is 0 Å². The van der Waals surface area contributed by atoms with E-state index in [4.69, 9.17) is 0 Å². The third kappa shape index (κ3) is 3.35. The molecule has 82 valence electrons. The van der Waals surface area contributed by atoms with Crippen molar-refractivity contribution in [3.63, 3.8) is 0 Å². The summed E-state index contributed by atoms with van der Waals surface area (Å²) >= 11 is 1.97. The zero-order valence-corrected chi connectivity index (χ0v) is 10.5. The van der Waals surface area contributed by atoms with Crippen LogP contribution < -0.4 is 10.6 Å². The van der Waals surface area contributed by atoms with Crippen LogP contribution in [0.4, 0.5) is 0 Å². The molecule has 1 fully saturated rings. The Kier molecular flexibility index (Phi) is 4.35. The van der Waals surface area contributed by atoms with E-state index in [-0.39, 0.29) is 11.8 Å². The Hall–Kier alpha value is -0.810. The van der Waals surface area contributed by atoms with Crippen molar-refractivity contribution in [2.45, 2.75) is 18.4 Å². The lowest BCUT2D eigenvalue weighted by Crippen LogP contribution is -2.49. The predicted octanol–water partition coefficient (Wildman–Crippen LogP) is 0.527. The summed E-state index contributed by atoms with van der Waals surface area (Å²) in [6, 6.07) is 0. The smallest absolute Gasteiger partial charge is 0.246 e. The minimum absolute atomic E-state index is 0.0949. The van der Waals surface area contributed by atoms with Crippen LogP contribution in [0.3, 0.4) is 0 Å². The second-order valence-corrected chi connectivity index (χ2v) is 4.14. The van der Waals surface area contributed by atoms with Gasteiger partial charge in [0.15, 0.2) is 0 Å². The molecule has 1 saturated carbocycles. The van der Waals surface area contributed by atoms with Gasteiger partial charge in [-0.25, -0.2) is 0 Å². The van der Waals surface area contributed by atoms with Crippen molar-refractivity contribution >= 4 is 34.4 Å². The fourth-order valence-corrected chi connectivity index (χ4v) is 1.41. The highest BCUT2D eigenvalue weighted by Crippen LogP contribution is 2.35. The van der Waals surface area contributed by atoms with Crippen LogP contribution in [0.1, 0.15) is 12.8 Å². The van der Waals surface area contributed by atoms with E-state index < -0.39 is 5.54 Å². The van der Waals surface area contributed by atoms with Crippen molar-refractivity contribution in [2.75, 3.05) is 11.0 Å². The van der Waals surface area contributed by atoms with Gasteiger partial charge in [-0.05, 0) is 18.9 Å². The first-order valence-corrected chi connectivity index (χ1v) is 6.17. The highest BCUT2D eigenvalue weighted by Gasteiger charge is 2.50. The van der Waals surface area contributed by atoms with E-state index in [2.05, 4.69) is 22.9 Å². The number of carbonyl (C=O) groups excluding carboxylic acids is 2. The van der Waals surface area contributed by atoms with Crippen molar-refractivity contribution < 1.29 is 9.59 Å². The van der Waals surface area contributed by atoms with Gasteiger partial charge >= 0.3 is 0 Å².